The van der Waals surface area contributed by atoms with E-state index >= 15 is 0 Å². The van der Waals surface area contributed by atoms with Crippen LogP contribution in [0.5, 0.6) is 0 Å². The van der Waals surface area contributed by atoms with E-state index in [2.05, 4.69) is 15.9 Å². The lowest BCUT2D eigenvalue weighted by Crippen LogP contribution is -2.47. The van der Waals surface area contributed by atoms with Crippen molar-refractivity contribution in [3.63, 3.8) is 0 Å². The molecule has 1 heterocycles. The average Bonchev–Trinajstić information content (AvgIpc) is 2.89. The van der Waals surface area contributed by atoms with Crippen LogP contribution in [-0.2, 0) is 0 Å². The largest absolute Gasteiger partial charge is 0.319 e. The number of ketones is 1. The molecule has 1 saturated carbocycles. The Balaban J connectivity index is 2.27. The molecule has 2 nitrogen and oxygen atoms in total. The number of carbonyl (C=O) groups excluding carboxylic acids is 1. The van der Waals surface area contributed by atoms with Crippen molar-refractivity contribution in [2.75, 3.05) is 0 Å². The van der Waals surface area contributed by atoms with Crippen LogP contribution in [-0.4, -0.2) is 11.3 Å². The van der Waals surface area contributed by atoms with Crippen LogP contribution in [0.3, 0.4) is 0 Å². The van der Waals surface area contributed by atoms with Crippen molar-refractivity contribution < 1.29 is 4.79 Å². The van der Waals surface area contributed by atoms with Gasteiger partial charge >= 0.3 is 0 Å². The maximum Gasteiger partial charge on any atom is 0.184 e. The third kappa shape index (κ3) is 1.66. The lowest BCUT2D eigenvalue weighted by atomic mass is 9.89. The molecular formula is C10H12BrNOS. The summed E-state index contributed by atoms with van der Waals surface area (Å²) < 4.78 is 0.866. The highest BCUT2D eigenvalue weighted by atomic mass is 79.9. The molecule has 1 fully saturated rings. The van der Waals surface area contributed by atoms with Crippen LogP contribution in [0.25, 0.3) is 0 Å². The summed E-state index contributed by atoms with van der Waals surface area (Å²) in [5.74, 6) is 0.440. The van der Waals surface area contributed by atoms with Crippen LogP contribution in [0.15, 0.2) is 15.2 Å². The van der Waals surface area contributed by atoms with Crippen LogP contribution < -0.4 is 5.73 Å². The number of halogens is 1. The second-order valence-electron chi connectivity index (χ2n) is 4.02. The minimum atomic E-state index is -0.677. The standard InChI is InChI=1S/C10H12BrNOS/c1-10(12,6-2-3-6)9(13)7-4-14-5-8(7)11/h4-6H,2-3,12H2,1H3. The van der Waals surface area contributed by atoms with Crippen molar-refractivity contribution in [2.45, 2.75) is 25.3 Å². The van der Waals surface area contributed by atoms with Gasteiger partial charge in [-0.05, 0) is 41.6 Å². The van der Waals surface area contributed by atoms with Crippen LogP contribution in [0.1, 0.15) is 30.1 Å². The van der Waals surface area contributed by atoms with E-state index < -0.39 is 5.54 Å². The summed E-state index contributed by atoms with van der Waals surface area (Å²) >= 11 is 4.88. The minimum absolute atomic E-state index is 0.0631. The SMILES string of the molecule is CC(N)(C(=O)c1cscc1Br)C1CC1. The Labute approximate surface area is 95.6 Å². The Morgan fingerprint density at radius 3 is 2.71 bits per heavy atom. The second kappa shape index (κ2) is 3.43. The first-order valence-corrected chi connectivity index (χ1v) is 6.32. The van der Waals surface area contributed by atoms with Gasteiger partial charge in [0.25, 0.3) is 0 Å². The topological polar surface area (TPSA) is 43.1 Å². The van der Waals surface area contributed by atoms with Gasteiger partial charge in [0.1, 0.15) is 0 Å². The molecule has 1 aliphatic rings. The van der Waals surface area contributed by atoms with Gasteiger partial charge in [-0.15, -0.1) is 0 Å². The van der Waals surface area contributed by atoms with Gasteiger partial charge in [-0.2, -0.15) is 11.3 Å². The van der Waals surface area contributed by atoms with Gasteiger partial charge in [-0.1, -0.05) is 0 Å². The minimum Gasteiger partial charge on any atom is -0.319 e. The second-order valence-corrected chi connectivity index (χ2v) is 5.62. The highest BCUT2D eigenvalue weighted by Gasteiger charge is 2.44. The van der Waals surface area contributed by atoms with Crippen molar-refractivity contribution in [3.8, 4) is 0 Å². The summed E-state index contributed by atoms with van der Waals surface area (Å²) in [5.41, 5.74) is 6.11. The molecular weight excluding hydrogens is 262 g/mol. The van der Waals surface area contributed by atoms with E-state index in [9.17, 15) is 4.79 Å². The number of carbonyl (C=O) groups is 1. The Hall–Kier alpha value is -0.190. The molecule has 76 valence electrons. The van der Waals surface area contributed by atoms with E-state index in [4.69, 9.17) is 5.73 Å². The summed E-state index contributed by atoms with van der Waals surface area (Å²) in [6, 6.07) is 0. The Morgan fingerprint density at radius 1 is 1.64 bits per heavy atom. The highest BCUT2D eigenvalue weighted by molar-refractivity contribution is 9.10. The van der Waals surface area contributed by atoms with E-state index in [-0.39, 0.29) is 5.78 Å². The third-order valence-corrected chi connectivity index (χ3v) is 4.48. The van der Waals surface area contributed by atoms with E-state index in [0.717, 1.165) is 22.9 Å². The molecule has 0 aromatic carbocycles. The molecule has 1 aliphatic carbocycles. The van der Waals surface area contributed by atoms with Gasteiger partial charge in [0.05, 0.1) is 5.54 Å². The summed E-state index contributed by atoms with van der Waals surface area (Å²) in [6.07, 6.45) is 2.17. The molecule has 0 amide bonds. The fourth-order valence-electron chi connectivity index (χ4n) is 1.60. The molecule has 2 rings (SSSR count). The normalized spacial score (nSPS) is 20.5. The van der Waals surface area contributed by atoms with Crippen molar-refractivity contribution in [1.29, 1.82) is 0 Å². The van der Waals surface area contributed by atoms with Crippen LogP contribution >= 0.6 is 27.3 Å². The summed E-state index contributed by atoms with van der Waals surface area (Å²) in [7, 11) is 0. The van der Waals surface area contributed by atoms with Gasteiger partial charge in [0, 0.05) is 20.8 Å². The molecule has 0 aliphatic heterocycles. The predicted molar refractivity (Wildman–Crippen MR) is 61.7 cm³/mol. The summed E-state index contributed by atoms with van der Waals surface area (Å²) in [4.78, 5) is 12.1. The maximum absolute atomic E-state index is 12.1. The van der Waals surface area contributed by atoms with Crippen molar-refractivity contribution >= 4 is 33.0 Å². The molecule has 1 atom stereocenters. The van der Waals surface area contributed by atoms with Crippen molar-refractivity contribution in [3.05, 3.63) is 20.8 Å². The van der Waals surface area contributed by atoms with Gasteiger partial charge < -0.3 is 5.73 Å². The molecule has 14 heavy (non-hydrogen) atoms. The first-order chi connectivity index (χ1) is 6.53. The van der Waals surface area contributed by atoms with E-state index in [1.807, 2.05) is 17.7 Å². The van der Waals surface area contributed by atoms with E-state index in [1.54, 1.807) is 0 Å². The highest BCUT2D eigenvalue weighted by Crippen LogP contribution is 2.40. The first-order valence-electron chi connectivity index (χ1n) is 4.59. The third-order valence-electron chi connectivity index (χ3n) is 2.77. The van der Waals surface area contributed by atoms with Crippen molar-refractivity contribution in [2.24, 2.45) is 11.7 Å². The number of nitrogens with two attached hydrogens (primary N) is 1. The Kier molecular flexibility index (Phi) is 2.53. The average molecular weight is 274 g/mol. The lowest BCUT2D eigenvalue weighted by molar-refractivity contribution is 0.0883. The number of hydrogen-bond donors (Lipinski definition) is 1. The lowest BCUT2D eigenvalue weighted by Gasteiger charge is -2.22. The molecule has 4 heteroatoms. The number of thiophene rings is 1. The Bertz CT molecular complexity index is 368. The van der Waals surface area contributed by atoms with Gasteiger partial charge in [-0.3, -0.25) is 4.79 Å². The fraction of sp³-hybridized carbons (Fsp3) is 0.500. The quantitative estimate of drug-likeness (QED) is 0.861. The molecule has 0 saturated heterocycles. The molecule has 0 bridgehead atoms. The van der Waals surface area contributed by atoms with Gasteiger partial charge in [-0.25, -0.2) is 0 Å². The van der Waals surface area contributed by atoms with Gasteiger partial charge in [0.15, 0.2) is 5.78 Å². The number of rotatable bonds is 3. The summed E-state index contributed by atoms with van der Waals surface area (Å²) in [5, 5.41) is 3.77. The van der Waals surface area contributed by atoms with Gasteiger partial charge in [0.2, 0.25) is 0 Å². The molecule has 0 spiro atoms. The van der Waals surface area contributed by atoms with Crippen molar-refractivity contribution in [1.82, 2.24) is 0 Å². The first kappa shape index (κ1) is 10.3. The van der Waals surface area contributed by atoms with Crippen LogP contribution in [0.2, 0.25) is 0 Å². The smallest absolute Gasteiger partial charge is 0.184 e. The zero-order chi connectivity index (χ0) is 10.3. The fourth-order valence-corrected chi connectivity index (χ4v) is 3.06. The zero-order valence-electron chi connectivity index (χ0n) is 7.92. The molecule has 1 unspecified atom stereocenters. The molecule has 0 radical (unpaired) electrons. The maximum atomic E-state index is 12.1. The summed E-state index contributed by atoms with van der Waals surface area (Å²) in [6.45, 7) is 1.84. The molecule has 1 aromatic heterocycles. The van der Waals surface area contributed by atoms with Crippen LogP contribution in [0, 0.1) is 5.92 Å². The predicted octanol–water partition coefficient (Wildman–Crippen LogP) is 2.82. The Morgan fingerprint density at radius 2 is 2.29 bits per heavy atom. The molecule has 1 aromatic rings. The number of Topliss-reactive ketones (excluding diaryl/α,β-unsaturated/α-hetero) is 1. The van der Waals surface area contributed by atoms with Crippen LogP contribution in [0.4, 0.5) is 0 Å². The monoisotopic (exact) mass is 273 g/mol. The van der Waals surface area contributed by atoms with E-state index in [0.29, 0.717) is 5.92 Å². The number of hydrogen-bond acceptors (Lipinski definition) is 3. The van der Waals surface area contributed by atoms with E-state index in [1.165, 1.54) is 11.3 Å². The molecule has 2 N–H and O–H groups in total. The zero-order valence-corrected chi connectivity index (χ0v) is 10.3.